The smallest absolute Gasteiger partial charge is 3.00 e. The van der Waals surface area contributed by atoms with Crippen molar-refractivity contribution < 1.29 is 28.6 Å². The Hall–Kier alpha value is -5.70. The number of aromatic nitrogens is 2. The molecule has 0 amide bonds. The van der Waals surface area contributed by atoms with Crippen LogP contribution < -0.4 is 9.30 Å². The average molecular weight is 1190 g/mol. The molecule has 71 heavy (non-hydrogen) atoms. The Balaban J connectivity index is 0.000000220. The van der Waals surface area contributed by atoms with E-state index < -0.39 is 25.9 Å². The number of aryl methyl sites for hydroxylation is 4. The number of anilines is 2. The van der Waals surface area contributed by atoms with Crippen molar-refractivity contribution >= 4 is 87.9 Å². The first-order valence-corrected chi connectivity index (χ1v) is 32.4. The number of para-hydroxylation sites is 1. The van der Waals surface area contributed by atoms with Crippen molar-refractivity contribution in [3.63, 3.8) is 0 Å². The number of nitrogens with zero attached hydrogens (tertiary/aromatic N) is 4. The van der Waals surface area contributed by atoms with Gasteiger partial charge in [-0.15, -0.1) is 22.2 Å². The first kappa shape index (κ1) is 46.4. The fraction of sp³-hybridized carbons (Fsp3) is 0.238. The molecule has 8 heteroatoms. The maximum Gasteiger partial charge on any atom is 3.00 e. The van der Waals surface area contributed by atoms with E-state index in [1.54, 1.807) is 11.3 Å². The van der Waals surface area contributed by atoms with E-state index >= 15 is 0 Å². The second-order valence-corrected chi connectivity index (χ2v) is 32.4. The first-order chi connectivity index (χ1) is 34.7. The minimum Gasteiger partial charge on any atom is 3.00 e. The van der Waals surface area contributed by atoms with Crippen molar-refractivity contribution in [1.82, 2.24) is 9.97 Å². The molecule has 11 rings (SSSR count). The third kappa shape index (κ3) is 9.25. The molecule has 0 radical (unpaired) electrons. The van der Waals surface area contributed by atoms with Crippen molar-refractivity contribution in [3.8, 4) is 11.3 Å². The summed E-state index contributed by atoms with van der Waals surface area (Å²) in [5, 5.41) is 13.0. The van der Waals surface area contributed by atoms with Crippen LogP contribution in [0.3, 0.4) is 0 Å². The standard InChI is InChI=1S/C44H35N3S.C19H25FGeN.Ir/c1-26-22-23-35(41-37(26)34-24-25-36(45-43(34)48-41)44(4,5)29-16-7-6-8-17-29)42-46-38-32-20-11-9-18-30(32)31-19-10-12-21-33(31)40(38)47(42)39-27(2)14-13-15-28(39)3;1-13(2)9-15-11-19(22-12-18(15)21(4,5)6)17-8-7-16(20)10-14(17)3;/h6-22,24-25,42H,1-5H3;7,10-13H,9H2,1-6H3;/q-2;-1;+3/i;3D3;. The predicted octanol–water partition coefficient (Wildman–Crippen LogP) is 17.4. The van der Waals surface area contributed by atoms with Gasteiger partial charge in [-0.2, -0.15) is 23.5 Å². The van der Waals surface area contributed by atoms with Crippen molar-refractivity contribution in [2.75, 3.05) is 4.90 Å². The van der Waals surface area contributed by atoms with Gasteiger partial charge in [-0.1, -0.05) is 129 Å². The second kappa shape index (κ2) is 19.7. The topological polar surface area (TPSA) is 43.1 Å². The quantitative estimate of drug-likeness (QED) is 0.0865. The zero-order valence-electron chi connectivity index (χ0n) is 45.0. The Morgan fingerprint density at radius 2 is 1.42 bits per heavy atom. The van der Waals surface area contributed by atoms with E-state index in [1.165, 1.54) is 86.7 Å². The fourth-order valence-electron chi connectivity index (χ4n) is 10.4. The van der Waals surface area contributed by atoms with E-state index in [0.717, 1.165) is 34.3 Å². The van der Waals surface area contributed by atoms with Crippen LogP contribution in [0.4, 0.5) is 21.5 Å². The molecule has 4 nitrogen and oxygen atoms in total. The molecule has 0 N–H and O–H groups in total. The van der Waals surface area contributed by atoms with Crippen molar-refractivity contribution in [2.45, 2.75) is 90.6 Å². The van der Waals surface area contributed by atoms with E-state index in [4.69, 9.17) is 14.4 Å². The normalized spacial score (nSPS) is 14.5. The van der Waals surface area contributed by atoms with Crippen LogP contribution in [0.2, 0.25) is 17.3 Å². The van der Waals surface area contributed by atoms with Gasteiger partial charge in [0.05, 0.1) is 5.69 Å². The molecular weight excluding hydrogens is 1130 g/mol. The van der Waals surface area contributed by atoms with Crippen LogP contribution in [-0.2, 0) is 31.9 Å². The van der Waals surface area contributed by atoms with Crippen LogP contribution in [0.25, 0.3) is 58.4 Å². The van der Waals surface area contributed by atoms with E-state index in [-0.39, 0.29) is 37.2 Å². The number of benzene rings is 7. The van der Waals surface area contributed by atoms with Gasteiger partial charge in [0.1, 0.15) is 4.83 Å². The van der Waals surface area contributed by atoms with E-state index in [1.807, 2.05) is 12.3 Å². The molecule has 3 aromatic heterocycles. The van der Waals surface area contributed by atoms with E-state index in [0.29, 0.717) is 17.2 Å². The Bertz CT molecular complexity index is 3730. The van der Waals surface area contributed by atoms with Gasteiger partial charge in [0, 0.05) is 22.2 Å². The van der Waals surface area contributed by atoms with Gasteiger partial charge in [0.15, 0.2) is 0 Å². The molecule has 0 aliphatic carbocycles. The van der Waals surface area contributed by atoms with Crippen LogP contribution in [0.15, 0.2) is 140 Å². The molecule has 0 saturated carbocycles. The molecule has 0 bridgehead atoms. The summed E-state index contributed by atoms with van der Waals surface area (Å²) < 4.78 is 39.2. The van der Waals surface area contributed by atoms with Gasteiger partial charge in [-0.3, -0.25) is 0 Å². The molecule has 358 valence electrons. The van der Waals surface area contributed by atoms with Crippen LogP contribution in [0, 0.1) is 51.5 Å². The fourth-order valence-corrected chi connectivity index (χ4v) is 15.0. The average Bonchev–Trinajstić information content (AvgIpc) is 3.94. The van der Waals surface area contributed by atoms with E-state index in [9.17, 15) is 4.39 Å². The number of hydrogen-bond donors (Lipinski definition) is 0. The summed E-state index contributed by atoms with van der Waals surface area (Å²) in [5.41, 5.74) is 12.4. The molecule has 7 aromatic carbocycles. The molecule has 0 fully saturated rings. The summed E-state index contributed by atoms with van der Waals surface area (Å²) in [5.74, 6) is 6.84. The number of hydrogen-bond acceptors (Lipinski definition) is 4. The van der Waals surface area contributed by atoms with Gasteiger partial charge in [0.25, 0.3) is 0 Å². The van der Waals surface area contributed by atoms with Crippen LogP contribution >= 0.6 is 11.3 Å². The molecule has 1 unspecified atom stereocenters. The molecule has 1 aliphatic heterocycles. The minimum absolute atomic E-state index is 0. The Morgan fingerprint density at radius 1 is 0.761 bits per heavy atom. The number of thiophene rings is 1. The Morgan fingerprint density at radius 3 is 2.10 bits per heavy atom. The zero-order chi connectivity index (χ0) is 51.7. The van der Waals surface area contributed by atoms with Crippen LogP contribution in [-0.4, -0.2) is 23.2 Å². The van der Waals surface area contributed by atoms with Crippen molar-refractivity contribution in [1.29, 1.82) is 0 Å². The monoisotopic (exact) mass is 1190 g/mol. The maximum absolute atomic E-state index is 13.6. The van der Waals surface area contributed by atoms with Crippen LogP contribution in [0.1, 0.15) is 82.6 Å². The Labute approximate surface area is 443 Å². The Kier molecular flexibility index (Phi) is 12.9. The van der Waals surface area contributed by atoms with Crippen molar-refractivity contribution in [2.24, 2.45) is 5.92 Å². The van der Waals surface area contributed by atoms with Gasteiger partial charge in [-0.25, -0.2) is 4.98 Å². The van der Waals surface area contributed by atoms with Gasteiger partial charge in [-0.05, 0) is 64.3 Å². The molecular formula is C63H60FGeIrN4S. The summed E-state index contributed by atoms with van der Waals surface area (Å²) >= 11 is -0.323. The number of halogens is 1. The van der Waals surface area contributed by atoms with Gasteiger partial charge < -0.3 is 10.2 Å². The third-order valence-corrected chi connectivity index (χ3v) is 19.4. The number of pyridine rings is 2. The van der Waals surface area contributed by atoms with E-state index in [2.05, 4.69) is 203 Å². The largest absolute Gasteiger partial charge is 3.00 e. The first-order valence-electron chi connectivity index (χ1n) is 25.7. The molecule has 0 spiro atoms. The summed E-state index contributed by atoms with van der Waals surface area (Å²) in [7, 11) is 0. The summed E-state index contributed by atoms with van der Waals surface area (Å²) in [6, 6.07) is 52.2. The molecule has 1 aliphatic rings. The van der Waals surface area contributed by atoms with Gasteiger partial charge in [0.2, 0.25) is 0 Å². The predicted molar refractivity (Wildman–Crippen MR) is 299 cm³/mol. The van der Waals surface area contributed by atoms with Gasteiger partial charge >= 0.3 is 160 Å². The molecule has 10 aromatic rings. The molecule has 1 atom stereocenters. The third-order valence-electron chi connectivity index (χ3n) is 13.9. The molecule has 4 heterocycles. The number of fused-ring (bicyclic) bond motifs is 9. The summed E-state index contributed by atoms with van der Waals surface area (Å²) in [6.07, 6.45) is 2.52. The van der Waals surface area contributed by atoms with Crippen molar-refractivity contribution in [3.05, 3.63) is 208 Å². The summed E-state index contributed by atoms with van der Waals surface area (Å²) in [4.78, 5) is 13.4. The number of rotatable bonds is 8. The zero-order valence-corrected chi connectivity index (χ0v) is 47.4. The minimum atomic E-state index is -2.41. The second-order valence-electron chi connectivity index (χ2n) is 20.8. The maximum atomic E-state index is 13.6. The van der Waals surface area contributed by atoms with Crippen LogP contribution in [0.5, 0.6) is 0 Å². The molecule has 0 saturated heterocycles. The summed E-state index contributed by atoms with van der Waals surface area (Å²) in [6.45, 7) is 13.1. The SMILES string of the molecule is Cc1cccc(C)c1N1c2c(c3ccccc3c3ccccc23)[N-]C1c1[c-]cc(C)c2c1sc1nc(C(C)(C)c3ccccc3)ccc12.[2H]C([2H])([2H])c1cc(F)c[c-]c1-c1cc(CC(C)C)[c]([Ge]([CH3])([CH3])[CH3])cn1.[Ir+3].